The van der Waals surface area contributed by atoms with Gasteiger partial charge in [-0.05, 0) is 0 Å². The van der Waals surface area contributed by atoms with Gasteiger partial charge in [0.25, 0.3) is 0 Å². The minimum atomic E-state index is -0.0885. The van der Waals surface area contributed by atoms with Crippen molar-refractivity contribution in [3.63, 3.8) is 0 Å². The Labute approximate surface area is 49.7 Å². The number of hydrogen-bond donors (Lipinski definition) is 2. The molecule has 0 bridgehead atoms. The van der Waals surface area contributed by atoms with Crippen LogP contribution in [0, 0.1) is 5.41 Å². The normalized spacial score (nSPS) is 14.1. The number of hydrazone groups is 1. The lowest BCUT2D eigenvalue weighted by Crippen LogP contribution is -2.29. The lowest BCUT2D eigenvalue weighted by Gasteiger charge is -2.15. The van der Waals surface area contributed by atoms with Crippen molar-refractivity contribution in [1.82, 2.24) is 0 Å². The Morgan fingerprint density at radius 1 is 1.38 bits per heavy atom. The first-order valence-electron chi connectivity index (χ1n) is 2.52. The Kier molecular flexibility index (Phi) is 1.84. The van der Waals surface area contributed by atoms with Crippen molar-refractivity contribution < 1.29 is 0 Å². The Morgan fingerprint density at radius 3 is 1.75 bits per heavy atom. The van der Waals surface area contributed by atoms with Crippen molar-refractivity contribution in [2.24, 2.45) is 22.1 Å². The largest absolute Gasteiger partial charge is 0.385 e. The van der Waals surface area contributed by atoms with E-state index in [0.717, 1.165) is 0 Å². The van der Waals surface area contributed by atoms with Crippen molar-refractivity contribution in [2.45, 2.75) is 20.8 Å². The summed E-state index contributed by atoms with van der Waals surface area (Å²) in [6.45, 7) is 5.87. The zero-order valence-electron chi connectivity index (χ0n) is 5.60. The molecule has 0 saturated carbocycles. The topological polar surface area (TPSA) is 64.4 Å². The molecule has 0 saturated heterocycles. The van der Waals surface area contributed by atoms with Gasteiger partial charge in [-0.3, -0.25) is 0 Å². The zero-order chi connectivity index (χ0) is 6.78. The first-order chi connectivity index (χ1) is 3.48. The van der Waals surface area contributed by atoms with Crippen LogP contribution in [0.25, 0.3) is 0 Å². The van der Waals surface area contributed by atoms with Crippen LogP contribution in [-0.4, -0.2) is 5.84 Å². The highest BCUT2D eigenvalue weighted by Crippen LogP contribution is 2.11. The summed E-state index contributed by atoms with van der Waals surface area (Å²) < 4.78 is 0. The maximum Gasteiger partial charge on any atom is 0.124 e. The van der Waals surface area contributed by atoms with Crippen molar-refractivity contribution in [1.29, 1.82) is 0 Å². The van der Waals surface area contributed by atoms with E-state index in [-0.39, 0.29) is 5.41 Å². The number of nitrogens with zero attached hydrogens (tertiary/aromatic N) is 1. The molecule has 0 spiro atoms. The second kappa shape index (κ2) is 2.03. The third kappa shape index (κ3) is 1.82. The molecular weight excluding hydrogens is 102 g/mol. The van der Waals surface area contributed by atoms with E-state index in [0.29, 0.717) is 5.84 Å². The van der Waals surface area contributed by atoms with E-state index in [9.17, 15) is 0 Å². The molecule has 0 unspecified atom stereocenters. The summed E-state index contributed by atoms with van der Waals surface area (Å²) in [6.07, 6.45) is 0. The van der Waals surface area contributed by atoms with Gasteiger partial charge in [-0.25, -0.2) is 0 Å². The predicted octanol–water partition coefficient (Wildman–Crippen LogP) is 0.263. The van der Waals surface area contributed by atoms with Crippen LogP contribution in [0.3, 0.4) is 0 Å². The van der Waals surface area contributed by atoms with Gasteiger partial charge in [-0.2, -0.15) is 5.10 Å². The molecule has 8 heavy (non-hydrogen) atoms. The SMILES string of the molecule is CC(C)(C)/C(N)=N\N. The molecule has 0 atom stereocenters. The summed E-state index contributed by atoms with van der Waals surface area (Å²) in [6, 6.07) is 0. The molecule has 0 aromatic heterocycles. The van der Waals surface area contributed by atoms with Crippen molar-refractivity contribution in [3.8, 4) is 0 Å². The summed E-state index contributed by atoms with van der Waals surface area (Å²) in [5, 5.41) is 3.35. The Bertz CT molecular complexity index is 98.7. The van der Waals surface area contributed by atoms with Gasteiger partial charge in [0, 0.05) is 5.41 Å². The van der Waals surface area contributed by atoms with E-state index in [1.807, 2.05) is 20.8 Å². The summed E-state index contributed by atoms with van der Waals surface area (Å²) in [4.78, 5) is 0. The molecule has 48 valence electrons. The van der Waals surface area contributed by atoms with E-state index in [2.05, 4.69) is 5.10 Å². The van der Waals surface area contributed by atoms with E-state index < -0.39 is 0 Å². The quantitative estimate of drug-likeness (QED) is 0.206. The predicted molar refractivity (Wildman–Crippen MR) is 35.3 cm³/mol. The molecule has 3 nitrogen and oxygen atoms in total. The minimum Gasteiger partial charge on any atom is -0.385 e. The molecule has 0 rings (SSSR count). The highest BCUT2D eigenvalue weighted by atomic mass is 15.2. The van der Waals surface area contributed by atoms with Gasteiger partial charge in [-0.15, -0.1) is 0 Å². The van der Waals surface area contributed by atoms with Gasteiger partial charge in [0.05, 0.1) is 0 Å². The van der Waals surface area contributed by atoms with Gasteiger partial charge in [-0.1, -0.05) is 20.8 Å². The van der Waals surface area contributed by atoms with Gasteiger partial charge < -0.3 is 11.6 Å². The number of nitrogens with two attached hydrogens (primary N) is 2. The van der Waals surface area contributed by atoms with Gasteiger partial charge in [0.1, 0.15) is 5.84 Å². The molecule has 0 aromatic carbocycles. The molecule has 0 aliphatic heterocycles. The smallest absolute Gasteiger partial charge is 0.124 e. The zero-order valence-corrected chi connectivity index (χ0v) is 5.60. The van der Waals surface area contributed by atoms with Crippen LogP contribution in [0.1, 0.15) is 20.8 Å². The van der Waals surface area contributed by atoms with Crippen molar-refractivity contribution in [3.05, 3.63) is 0 Å². The van der Waals surface area contributed by atoms with Crippen LogP contribution in [-0.2, 0) is 0 Å². The van der Waals surface area contributed by atoms with Gasteiger partial charge in [0.15, 0.2) is 0 Å². The molecule has 4 N–H and O–H groups in total. The lowest BCUT2D eigenvalue weighted by atomic mass is 9.96. The van der Waals surface area contributed by atoms with Gasteiger partial charge in [0.2, 0.25) is 0 Å². The standard InChI is InChI=1S/C5H13N3/c1-5(2,3)4(6)8-7/h7H2,1-3H3,(H2,6,8). The average molecular weight is 115 g/mol. The number of amidine groups is 1. The van der Waals surface area contributed by atoms with Crippen molar-refractivity contribution >= 4 is 5.84 Å². The van der Waals surface area contributed by atoms with Crippen LogP contribution in [0.15, 0.2) is 5.10 Å². The van der Waals surface area contributed by atoms with Crippen LogP contribution in [0.4, 0.5) is 0 Å². The molecular formula is C5H13N3. The fourth-order valence-corrected chi connectivity index (χ4v) is 0.194. The summed E-state index contributed by atoms with van der Waals surface area (Å²) in [7, 11) is 0. The second-order valence-corrected chi connectivity index (χ2v) is 2.76. The Hall–Kier alpha value is -0.730. The first kappa shape index (κ1) is 7.27. The highest BCUT2D eigenvalue weighted by Gasteiger charge is 2.14. The molecule has 0 heterocycles. The molecule has 0 radical (unpaired) electrons. The van der Waals surface area contributed by atoms with Crippen LogP contribution < -0.4 is 11.6 Å². The fourth-order valence-electron chi connectivity index (χ4n) is 0.194. The molecule has 3 heteroatoms. The van der Waals surface area contributed by atoms with E-state index >= 15 is 0 Å². The van der Waals surface area contributed by atoms with E-state index in [1.165, 1.54) is 0 Å². The van der Waals surface area contributed by atoms with Crippen LogP contribution >= 0.6 is 0 Å². The second-order valence-electron chi connectivity index (χ2n) is 2.76. The van der Waals surface area contributed by atoms with Crippen molar-refractivity contribution in [2.75, 3.05) is 0 Å². The third-order valence-electron chi connectivity index (χ3n) is 0.908. The lowest BCUT2D eigenvalue weighted by molar-refractivity contribution is 0.582. The summed E-state index contributed by atoms with van der Waals surface area (Å²) in [5.74, 6) is 5.40. The third-order valence-corrected chi connectivity index (χ3v) is 0.908. The Morgan fingerprint density at radius 2 is 1.75 bits per heavy atom. The maximum atomic E-state index is 5.38. The molecule has 0 aromatic rings. The van der Waals surface area contributed by atoms with E-state index in [1.54, 1.807) is 0 Å². The summed E-state index contributed by atoms with van der Waals surface area (Å²) in [5.41, 5.74) is 5.29. The Balaban J connectivity index is 4.03. The van der Waals surface area contributed by atoms with E-state index in [4.69, 9.17) is 11.6 Å². The maximum absolute atomic E-state index is 5.38. The average Bonchev–Trinajstić information content (AvgIpc) is 1.62. The molecule has 0 fully saturated rings. The number of hydrogen-bond acceptors (Lipinski definition) is 2. The highest BCUT2D eigenvalue weighted by molar-refractivity contribution is 5.85. The van der Waals surface area contributed by atoms with Crippen LogP contribution in [0.2, 0.25) is 0 Å². The monoisotopic (exact) mass is 115 g/mol. The minimum absolute atomic E-state index is 0.0885. The van der Waals surface area contributed by atoms with Gasteiger partial charge >= 0.3 is 0 Å². The molecule has 0 aliphatic carbocycles. The summed E-state index contributed by atoms with van der Waals surface area (Å²) >= 11 is 0. The van der Waals surface area contributed by atoms with Crippen LogP contribution in [0.5, 0.6) is 0 Å². The molecule has 0 aliphatic rings. The fraction of sp³-hybridized carbons (Fsp3) is 0.800. The molecule has 0 amide bonds. The number of rotatable bonds is 0. The first-order valence-corrected chi connectivity index (χ1v) is 2.52.